The number of allylic oxidation sites excluding steroid dienone is 1. The maximum Gasteiger partial charge on any atom is 0.269 e. The van der Waals surface area contributed by atoms with Crippen LogP contribution in [-0.2, 0) is 6.61 Å². The molecule has 0 spiro atoms. The second-order valence-electron chi connectivity index (χ2n) is 7.21. The third-order valence-electron chi connectivity index (χ3n) is 4.98. The molecule has 0 aromatic heterocycles. The second-order valence-corrected chi connectivity index (χ2v) is 8.07. The fourth-order valence-electron chi connectivity index (χ4n) is 3.35. The van der Waals surface area contributed by atoms with Crippen molar-refractivity contribution in [1.82, 2.24) is 0 Å². The number of halogens is 1. The maximum atomic E-state index is 10.8. The van der Waals surface area contributed by atoms with E-state index >= 15 is 0 Å². The van der Waals surface area contributed by atoms with Crippen LogP contribution < -0.4 is 18.9 Å². The Bertz CT molecular complexity index is 1300. The molecule has 0 saturated heterocycles. The first-order valence-corrected chi connectivity index (χ1v) is 11.1. The zero-order chi connectivity index (χ0) is 24.1. The highest BCUT2D eigenvalue weighted by Crippen LogP contribution is 2.39. The summed E-state index contributed by atoms with van der Waals surface area (Å²) < 4.78 is 23.2. The van der Waals surface area contributed by atoms with E-state index in [1.807, 2.05) is 19.1 Å². The maximum absolute atomic E-state index is 10.8. The molecule has 0 fully saturated rings. The number of nitriles is 1. The molecule has 0 amide bonds. The quantitative estimate of drug-likeness (QED) is 0.151. The summed E-state index contributed by atoms with van der Waals surface area (Å²) in [6, 6.07) is 17.4. The van der Waals surface area contributed by atoms with Crippen LogP contribution in [0.1, 0.15) is 23.6 Å². The zero-order valence-electron chi connectivity index (χ0n) is 18.1. The minimum Gasteiger partial charge on any atom is -0.490 e. The Hall–Kier alpha value is -4.03. The summed E-state index contributed by atoms with van der Waals surface area (Å²) in [6.07, 6.45) is 1.75. The van der Waals surface area contributed by atoms with Gasteiger partial charge in [0.15, 0.2) is 23.0 Å². The van der Waals surface area contributed by atoms with Crippen molar-refractivity contribution in [2.75, 3.05) is 13.4 Å². The summed E-state index contributed by atoms with van der Waals surface area (Å²) in [7, 11) is 0. The van der Waals surface area contributed by atoms with Crippen LogP contribution in [0.25, 0.3) is 11.6 Å². The highest BCUT2D eigenvalue weighted by molar-refractivity contribution is 9.10. The Morgan fingerprint density at radius 2 is 1.91 bits per heavy atom. The molecule has 4 rings (SSSR count). The molecule has 172 valence electrons. The van der Waals surface area contributed by atoms with Crippen molar-refractivity contribution in [2.45, 2.75) is 13.5 Å². The smallest absolute Gasteiger partial charge is 0.269 e. The summed E-state index contributed by atoms with van der Waals surface area (Å²) in [5.41, 5.74) is 2.70. The molecule has 3 aromatic rings. The predicted octanol–water partition coefficient (Wildman–Crippen LogP) is 6.13. The van der Waals surface area contributed by atoms with Crippen LogP contribution in [0.4, 0.5) is 5.69 Å². The lowest BCUT2D eigenvalue weighted by molar-refractivity contribution is -0.384. The number of rotatable bonds is 8. The van der Waals surface area contributed by atoms with Gasteiger partial charge in [0, 0.05) is 12.1 Å². The standard InChI is InChI=1S/C25H19BrN2O6/c1-2-31-24-11-17(9-19(13-27)18-5-8-22-23(12-18)34-15-33-22)10-21(26)25(24)32-14-16-3-6-20(7-4-16)28(29)30/h3-12H,2,14-15H2,1H3/b19-9-. The minimum absolute atomic E-state index is 0.0202. The molecule has 1 aliphatic heterocycles. The monoisotopic (exact) mass is 522 g/mol. The molecule has 0 atom stereocenters. The van der Waals surface area contributed by atoms with E-state index in [-0.39, 0.29) is 19.1 Å². The summed E-state index contributed by atoms with van der Waals surface area (Å²) in [5, 5.41) is 20.6. The van der Waals surface area contributed by atoms with E-state index in [1.165, 1.54) is 12.1 Å². The van der Waals surface area contributed by atoms with Gasteiger partial charge in [0.2, 0.25) is 6.79 Å². The zero-order valence-corrected chi connectivity index (χ0v) is 19.7. The first-order valence-electron chi connectivity index (χ1n) is 10.3. The summed E-state index contributed by atoms with van der Waals surface area (Å²) in [4.78, 5) is 10.4. The van der Waals surface area contributed by atoms with Gasteiger partial charge in [0.25, 0.3) is 5.69 Å². The fraction of sp³-hybridized carbons (Fsp3) is 0.160. The van der Waals surface area contributed by atoms with Gasteiger partial charge in [-0.3, -0.25) is 10.1 Å². The number of nitrogens with zero attached hydrogens (tertiary/aromatic N) is 2. The molecule has 3 aromatic carbocycles. The van der Waals surface area contributed by atoms with Crippen molar-refractivity contribution in [1.29, 1.82) is 5.26 Å². The minimum atomic E-state index is -0.445. The van der Waals surface area contributed by atoms with E-state index in [2.05, 4.69) is 22.0 Å². The molecule has 0 radical (unpaired) electrons. The Labute approximate surface area is 204 Å². The van der Waals surface area contributed by atoms with Crippen molar-refractivity contribution in [2.24, 2.45) is 0 Å². The van der Waals surface area contributed by atoms with Gasteiger partial charge < -0.3 is 18.9 Å². The number of fused-ring (bicyclic) bond motifs is 1. The lowest BCUT2D eigenvalue weighted by Gasteiger charge is -2.15. The van der Waals surface area contributed by atoms with E-state index in [1.54, 1.807) is 36.4 Å². The highest BCUT2D eigenvalue weighted by atomic mass is 79.9. The molecular weight excluding hydrogens is 504 g/mol. The van der Waals surface area contributed by atoms with E-state index in [4.69, 9.17) is 18.9 Å². The number of ether oxygens (including phenoxy) is 4. The summed E-state index contributed by atoms with van der Waals surface area (Å²) in [5.74, 6) is 2.26. The van der Waals surface area contributed by atoms with Gasteiger partial charge in [0.05, 0.1) is 27.6 Å². The number of nitro benzene ring substituents is 1. The molecule has 0 aliphatic carbocycles. The SMILES string of the molecule is CCOc1cc(/C=C(/C#N)c2ccc3c(c2)OCO3)cc(Br)c1OCc1ccc([N+](=O)[O-])cc1. The van der Waals surface area contributed by atoms with Crippen molar-refractivity contribution in [3.05, 3.63) is 85.9 Å². The lowest BCUT2D eigenvalue weighted by atomic mass is 10.0. The van der Waals surface area contributed by atoms with E-state index in [0.717, 1.165) is 11.1 Å². The molecular formula is C25H19BrN2O6. The molecule has 0 N–H and O–H groups in total. The van der Waals surface area contributed by atoms with Crippen molar-refractivity contribution < 1.29 is 23.9 Å². The van der Waals surface area contributed by atoms with Crippen LogP contribution in [-0.4, -0.2) is 18.3 Å². The van der Waals surface area contributed by atoms with Crippen LogP contribution in [0.2, 0.25) is 0 Å². The Kier molecular flexibility index (Phi) is 6.99. The van der Waals surface area contributed by atoms with E-state index < -0.39 is 4.92 Å². The molecule has 0 bridgehead atoms. The average molecular weight is 523 g/mol. The van der Waals surface area contributed by atoms with Gasteiger partial charge in [-0.15, -0.1) is 0 Å². The van der Waals surface area contributed by atoms with Crippen LogP contribution in [0.3, 0.4) is 0 Å². The van der Waals surface area contributed by atoms with Crippen LogP contribution in [0.15, 0.2) is 59.1 Å². The lowest BCUT2D eigenvalue weighted by Crippen LogP contribution is -2.01. The first kappa shape index (κ1) is 23.1. The Balaban J connectivity index is 1.59. The predicted molar refractivity (Wildman–Crippen MR) is 129 cm³/mol. The molecule has 8 nitrogen and oxygen atoms in total. The number of hydrogen-bond acceptors (Lipinski definition) is 7. The molecule has 9 heteroatoms. The van der Waals surface area contributed by atoms with E-state index in [9.17, 15) is 15.4 Å². The van der Waals surface area contributed by atoms with Gasteiger partial charge in [0.1, 0.15) is 6.61 Å². The molecule has 0 unspecified atom stereocenters. The topological polar surface area (TPSA) is 104 Å². The number of hydrogen-bond donors (Lipinski definition) is 0. The third kappa shape index (κ3) is 5.13. The molecule has 0 saturated carbocycles. The largest absolute Gasteiger partial charge is 0.490 e. The van der Waals surface area contributed by atoms with E-state index in [0.29, 0.717) is 45.2 Å². The van der Waals surface area contributed by atoms with Gasteiger partial charge in [-0.25, -0.2) is 0 Å². The highest BCUT2D eigenvalue weighted by Gasteiger charge is 2.16. The van der Waals surface area contributed by atoms with Crippen molar-refractivity contribution in [3.8, 4) is 29.1 Å². The Morgan fingerprint density at radius 1 is 1.15 bits per heavy atom. The van der Waals surface area contributed by atoms with Crippen LogP contribution in [0.5, 0.6) is 23.0 Å². The van der Waals surface area contributed by atoms with Gasteiger partial charge in [-0.2, -0.15) is 5.26 Å². The summed E-state index contributed by atoms with van der Waals surface area (Å²) in [6.45, 7) is 2.65. The fourth-order valence-corrected chi connectivity index (χ4v) is 3.93. The van der Waals surface area contributed by atoms with Crippen LogP contribution >= 0.6 is 15.9 Å². The Morgan fingerprint density at radius 3 is 2.62 bits per heavy atom. The number of non-ortho nitro benzene ring substituents is 1. The normalized spacial score (nSPS) is 12.2. The van der Waals surface area contributed by atoms with Crippen molar-refractivity contribution in [3.63, 3.8) is 0 Å². The third-order valence-corrected chi connectivity index (χ3v) is 5.57. The summed E-state index contributed by atoms with van der Waals surface area (Å²) >= 11 is 3.54. The van der Waals surface area contributed by atoms with Gasteiger partial charge in [-0.1, -0.05) is 0 Å². The molecule has 1 aliphatic rings. The second kappa shape index (κ2) is 10.3. The van der Waals surface area contributed by atoms with Gasteiger partial charge >= 0.3 is 0 Å². The number of nitro groups is 1. The van der Waals surface area contributed by atoms with Crippen molar-refractivity contribution >= 4 is 33.3 Å². The van der Waals surface area contributed by atoms with Crippen LogP contribution in [0, 0.1) is 21.4 Å². The average Bonchev–Trinajstić information content (AvgIpc) is 3.30. The molecule has 1 heterocycles. The van der Waals surface area contributed by atoms with Gasteiger partial charge in [-0.05, 0) is 88.1 Å². The first-order chi connectivity index (χ1) is 16.5. The number of benzene rings is 3. The molecule has 34 heavy (non-hydrogen) atoms.